The summed E-state index contributed by atoms with van der Waals surface area (Å²) in [6.45, 7) is 2.06. The number of sulfonamides is 1. The summed E-state index contributed by atoms with van der Waals surface area (Å²) in [5.41, 5.74) is 4.46. The molecule has 31 heavy (non-hydrogen) atoms. The molecule has 0 aliphatic heterocycles. The van der Waals surface area contributed by atoms with Crippen molar-refractivity contribution in [3.63, 3.8) is 0 Å². The zero-order valence-electron chi connectivity index (χ0n) is 16.8. The number of hydrogen-bond acceptors (Lipinski definition) is 5. The van der Waals surface area contributed by atoms with Gasteiger partial charge in [0, 0.05) is 27.2 Å². The molecule has 0 spiro atoms. The Labute approximate surface area is 190 Å². The molecule has 1 aromatic heterocycles. The van der Waals surface area contributed by atoms with Gasteiger partial charge in [-0.1, -0.05) is 48.0 Å². The van der Waals surface area contributed by atoms with E-state index in [1.165, 1.54) is 24.8 Å². The Hall–Kier alpha value is -2.87. The van der Waals surface area contributed by atoms with Crippen molar-refractivity contribution in [3.8, 4) is 27.6 Å². The SMILES string of the molecule is COc1ccc(Cl)cc1S(=O)(=O)Nc1ccc(-c2csc(-c3ccccc3C)n2)cc1. The molecule has 3 aromatic carbocycles. The minimum Gasteiger partial charge on any atom is -0.495 e. The van der Waals surface area contributed by atoms with Crippen LogP contribution in [0.3, 0.4) is 0 Å². The molecule has 0 aliphatic carbocycles. The standard InChI is InChI=1S/C23H19ClN2O3S2/c1-15-5-3-4-6-19(15)23-25-20(14-30-23)16-7-10-18(11-8-16)26-31(27,28)22-13-17(24)9-12-21(22)29-2/h3-14,26H,1-2H3. The van der Waals surface area contributed by atoms with Gasteiger partial charge in [-0.25, -0.2) is 13.4 Å². The molecule has 4 aromatic rings. The minimum absolute atomic E-state index is 0.0195. The summed E-state index contributed by atoms with van der Waals surface area (Å²) in [6, 6.07) is 19.7. The van der Waals surface area contributed by atoms with E-state index in [1.54, 1.807) is 29.5 Å². The van der Waals surface area contributed by atoms with Crippen molar-refractivity contribution in [1.82, 2.24) is 4.98 Å². The highest BCUT2D eigenvalue weighted by Gasteiger charge is 2.20. The van der Waals surface area contributed by atoms with Gasteiger partial charge in [0.15, 0.2) is 0 Å². The molecule has 0 bridgehead atoms. The van der Waals surface area contributed by atoms with Crippen LogP contribution in [-0.2, 0) is 10.0 Å². The molecule has 4 rings (SSSR count). The molecule has 0 radical (unpaired) electrons. The van der Waals surface area contributed by atoms with Crippen molar-refractivity contribution in [2.24, 2.45) is 0 Å². The second-order valence-corrected chi connectivity index (χ2v) is 9.78. The molecule has 0 fully saturated rings. The summed E-state index contributed by atoms with van der Waals surface area (Å²) in [7, 11) is -2.45. The smallest absolute Gasteiger partial charge is 0.265 e. The monoisotopic (exact) mass is 470 g/mol. The molecular formula is C23H19ClN2O3S2. The van der Waals surface area contributed by atoms with Crippen molar-refractivity contribution in [1.29, 1.82) is 0 Å². The maximum atomic E-state index is 12.8. The summed E-state index contributed by atoms with van der Waals surface area (Å²) >= 11 is 7.55. The predicted molar refractivity (Wildman–Crippen MR) is 127 cm³/mol. The minimum atomic E-state index is -3.87. The van der Waals surface area contributed by atoms with E-state index in [2.05, 4.69) is 23.8 Å². The van der Waals surface area contributed by atoms with E-state index in [0.29, 0.717) is 10.7 Å². The van der Waals surface area contributed by atoms with Crippen molar-refractivity contribution in [2.75, 3.05) is 11.8 Å². The highest BCUT2D eigenvalue weighted by Crippen LogP contribution is 2.32. The van der Waals surface area contributed by atoms with Gasteiger partial charge in [0.2, 0.25) is 0 Å². The van der Waals surface area contributed by atoms with Gasteiger partial charge in [-0.2, -0.15) is 0 Å². The van der Waals surface area contributed by atoms with Gasteiger partial charge in [-0.15, -0.1) is 11.3 Å². The largest absolute Gasteiger partial charge is 0.495 e. The zero-order valence-corrected chi connectivity index (χ0v) is 19.2. The summed E-state index contributed by atoms with van der Waals surface area (Å²) in [5.74, 6) is 0.222. The fourth-order valence-electron chi connectivity index (χ4n) is 3.12. The molecular weight excluding hydrogens is 452 g/mol. The Balaban J connectivity index is 1.57. The Kier molecular flexibility index (Phi) is 6.00. The quantitative estimate of drug-likeness (QED) is 0.361. The van der Waals surface area contributed by atoms with Crippen LogP contribution in [0.1, 0.15) is 5.56 Å². The first kappa shape index (κ1) is 21.4. The van der Waals surface area contributed by atoms with Crippen molar-refractivity contribution < 1.29 is 13.2 Å². The molecule has 0 saturated heterocycles. The van der Waals surface area contributed by atoms with Crippen LogP contribution in [0, 0.1) is 6.92 Å². The van der Waals surface area contributed by atoms with Crippen LogP contribution in [0.4, 0.5) is 5.69 Å². The van der Waals surface area contributed by atoms with Gasteiger partial charge in [-0.05, 0) is 42.8 Å². The van der Waals surface area contributed by atoms with Crippen LogP contribution in [0.15, 0.2) is 77.0 Å². The summed E-state index contributed by atoms with van der Waals surface area (Å²) < 4.78 is 33.4. The molecule has 0 amide bonds. The molecule has 0 saturated carbocycles. The van der Waals surface area contributed by atoms with E-state index in [-0.39, 0.29) is 10.6 Å². The number of thiazole rings is 1. The van der Waals surface area contributed by atoms with Crippen LogP contribution in [0.2, 0.25) is 5.02 Å². The fourth-order valence-corrected chi connectivity index (χ4v) is 5.53. The molecule has 158 valence electrons. The third-order valence-electron chi connectivity index (χ3n) is 4.73. The van der Waals surface area contributed by atoms with Gasteiger partial charge in [0.25, 0.3) is 10.0 Å². The summed E-state index contributed by atoms with van der Waals surface area (Å²) in [5, 5.41) is 3.26. The topological polar surface area (TPSA) is 68.3 Å². The average Bonchev–Trinajstić information content (AvgIpc) is 3.24. The second kappa shape index (κ2) is 8.70. The van der Waals surface area contributed by atoms with E-state index < -0.39 is 10.0 Å². The summed E-state index contributed by atoms with van der Waals surface area (Å²) in [6.07, 6.45) is 0. The number of rotatable bonds is 6. The molecule has 5 nitrogen and oxygen atoms in total. The highest BCUT2D eigenvalue weighted by molar-refractivity contribution is 7.92. The number of halogens is 1. The molecule has 0 atom stereocenters. The number of benzene rings is 3. The molecule has 1 heterocycles. The number of nitrogens with zero attached hydrogens (tertiary/aromatic N) is 1. The second-order valence-electron chi connectivity index (χ2n) is 6.83. The first-order chi connectivity index (χ1) is 14.9. The molecule has 0 unspecified atom stereocenters. The number of nitrogens with one attached hydrogen (secondary N) is 1. The number of anilines is 1. The summed E-state index contributed by atoms with van der Waals surface area (Å²) in [4.78, 5) is 4.72. The van der Waals surface area contributed by atoms with Crippen LogP contribution in [0.5, 0.6) is 5.75 Å². The van der Waals surface area contributed by atoms with Gasteiger partial charge >= 0.3 is 0 Å². The van der Waals surface area contributed by atoms with Gasteiger partial charge in [-0.3, -0.25) is 4.72 Å². The van der Waals surface area contributed by atoms with Crippen LogP contribution >= 0.6 is 22.9 Å². The van der Waals surface area contributed by atoms with Gasteiger partial charge < -0.3 is 4.74 Å². The molecule has 1 N–H and O–H groups in total. The number of ether oxygens (including phenoxy) is 1. The highest BCUT2D eigenvalue weighted by atomic mass is 35.5. The first-order valence-electron chi connectivity index (χ1n) is 9.36. The number of hydrogen-bond donors (Lipinski definition) is 1. The third-order valence-corrected chi connectivity index (χ3v) is 7.24. The Morgan fingerprint density at radius 1 is 1.03 bits per heavy atom. The lowest BCUT2D eigenvalue weighted by molar-refractivity contribution is 0.403. The maximum Gasteiger partial charge on any atom is 0.265 e. The fraction of sp³-hybridized carbons (Fsp3) is 0.0870. The van der Waals surface area contributed by atoms with Crippen LogP contribution in [-0.4, -0.2) is 20.5 Å². The third kappa shape index (κ3) is 4.58. The van der Waals surface area contributed by atoms with E-state index in [9.17, 15) is 8.42 Å². The Morgan fingerprint density at radius 3 is 2.48 bits per heavy atom. The first-order valence-corrected chi connectivity index (χ1v) is 12.1. The lowest BCUT2D eigenvalue weighted by Crippen LogP contribution is -2.14. The van der Waals surface area contributed by atoms with Gasteiger partial charge in [0.05, 0.1) is 12.8 Å². The van der Waals surface area contributed by atoms with E-state index in [4.69, 9.17) is 21.3 Å². The normalized spacial score (nSPS) is 11.3. The van der Waals surface area contributed by atoms with Crippen LogP contribution in [0.25, 0.3) is 21.8 Å². The number of aryl methyl sites for hydroxylation is 1. The predicted octanol–water partition coefficient (Wildman–Crippen LogP) is 6.25. The van der Waals surface area contributed by atoms with Crippen molar-refractivity contribution in [3.05, 3.63) is 82.7 Å². The van der Waals surface area contributed by atoms with Gasteiger partial charge in [0.1, 0.15) is 15.7 Å². The van der Waals surface area contributed by atoms with E-state index >= 15 is 0 Å². The van der Waals surface area contributed by atoms with Crippen molar-refractivity contribution >= 4 is 38.6 Å². The van der Waals surface area contributed by atoms with Crippen LogP contribution < -0.4 is 9.46 Å². The lowest BCUT2D eigenvalue weighted by atomic mass is 10.1. The van der Waals surface area contributed by atoms with E-state index in [0.717, 1.165) is 21.8 Å². The maximum absolute atomic E-state index is 12.8. The Bertz CT molecular complexity index is 1330. The number of aromatic nitrogens is 1. The zero-order chi connectivity index (χ0) is 22.0. The number of methoxy groups -OCH3 is 1. The van der Waals surface area contributed by atoms with Crippen molar-refractivity contribution in [2.45, 2.75) is 11.8 Å². The Morgan fingerprint density at radius 2 is 1.77 bits per heavy atom. The van der Waals surface area contributed by atoms with E-state index in [1.807, 2.05) is 29.6 Å². The molecule has 8 heteroatoms. The molecule has 0 aliphatic rings. The average molecular weight is 471 g/mol. The lowest BCUT2D eigenvalue weighted by Gasteiger charge is -2.12.